The molecule has 2 aromatic carbocycles. The van der Waals surface area contributed by atoms with Gasteiger partial charge in [-0.1, -0.05) is 37.6 Å². The normalized spacial score (nSPS) is 11.5. The van der Waals surface area contributed by atoms with E-state index in [0.29, 0.717) is 5.56 Å². The predicted molar refractivity (Wildman–Crippen MR) is 104 cm³/mol. The molecule has 0 saturated heterocycles. The lowest BCUT2D eigenvalue weighted by Gasteiger charge is -2.18. The summed E-state index contributed by atoms with van der Waals surface area (Å²) in [6.07, 6.45) is -4.48. The Bertz CT molecular complexity index is 791. The van der Waals surface area contributed by atoms with Gasteiger partial charge < -0.3 is 10.1 Å². The van der Waals surface area contributed by atoms with Crippen molar-refractivity contribution in [3.8, 4) is 5.75 Å². The molecule has 28 heavy (non-hydrogen) atoms. The Hall–Kier alpha value is -2.25. The highest BCUT2D eigenvalue weighted by Crippen LogP contribution is 2.30. The number of anilines is 1. The summed E-state index contributed by atoms with van der Waals surface area (Å²) < 4.78 is 42.0. The van der Waals surface area contributed by atoms with Gasteiger partial charge in [0.1, 0.15) is 5.75 Å². The molecule has 0 aliphatic carbocycles. The van der Waals surface area contributed by atoms with Crippen LogP contribution in [0.3, 0.4) is 0 Å². The topological polar surface area (TPSA) is 41.6 Å². The number of nitrogens with zero attached hydrogens (tertiary/aromatic N) is 1. The van der Waals surface area contributed by atoms with Crippen molar-refractivity contribution in [1.82, 2.24) is 4.90 Å². The average molecular weight is 415 g/mol. The Morgan fingerprint density at radius 1 is 1.11 bits per heavy atom. The molecule has 0 aromatic heterocycles. The number of hydrogen-bond acceptors (Lipinski definition) is 3. The van der Waals surface area contributed by atoms with Gasteiger partial charge in [-0.15, -0.1) is 0 Å². The third-order valence-electron chi connectivity index (χ3n) is 4.10. The maximum Gasteiger partial charge on any atom is 0.422 e. The number of hydrogen-bond donors (Lipinski definition) is 1. The molecule has 0 unspecified atom stereocenters. The minimum Gasteiger partial charge on any atom is -0.482 e. The molecule has 1 N–H and O–H groups in total. The van der Waals surface area contributed by atoms with Crippen molar-refractivity contribution in [2.24, 2.45) is 0 Å². The molecule has 4 nitrogen and oxygen atoms in total. The summed E-state index contributed by atoms with van der Waals surface area (Å²) in [4.78, 5) is 14.7. The Kier molecular flexibility index (Phi) is 7.71. The van der Waals surface area contributed by atoms with E-state index in [0.717, 1.165) is 25.2 Å². The zero-order chi connectivity index (χ0) is 20.7. The second-order valence-electron chi connectivity index (χ2n) is 6.16. The number of benzene rings is 2. The third-order valence-corrected chi connectivity index (χ3v) is 4.33. The largest absolute Gasteiger partial charge is 0.482 e. The van der Waals surface area contributed by atoms with Crippen molar-refractivity contribution in [3.63, 3.8) is 0 Å². The van der Waals surface area contributed by atoms with Crippen LogP contribution in [0.15, 0.2) is 42.5 Å². The Labute approximate surface area is 167 Å². The van der Waals surface area contributed by atoms with Gasteiger partial charge in [0.15, 0.2) is 6.61 Å². The van der Waals surface area contributed by atoms with Gasteiger partial charge in [-0.05, 0) is 49.0 Å². The lowest BCUT2D eigenvalue weighted by atomic mass is 10.1. The number of carbonyl (C=O) groups excluding carboxylic acids is 1. The van der Waals surface area contributed by atoms with Crippen LogP contribution in [0.2, 0.25) is 5.02 Å². The van der Waals surface area contributed by atoms with Crippen molar-refractivity contribution in [2.75, 3.05) is 25.0 Å². The average Bonchev–Trinajstić information content (AvgIpc) is 2.65. The van der Waals surface area contributed by atoms with Crippen LogP contribution in [0.1, 0.15) is 29.8 Å². The van der Waals surface area contributed by atoms with Crippen LogP contribution in [0.4, 0.5) is 18.9 Å². The summed E-state index contributed by atoms with van der Waals surface area (Å²) >= 11 is 5.90. The maximum atomic E-state index is 12.5. The van der Waals surface area contributed by atoms with Crippen LogP contribution in [0, 0.1) is 0 Å². The van der Waals surface area contributed by atoms with Crippen LogP contribution in [0.5, 0.6) is 5.75 Å². The fourth-order valence-corrected chi connectivity index (χ4v) is 2.72. The van der Waals surface area contributed by atoms with E-state index in [1.807, 2.05) is 12.1 Å². The summed E-state index contributed by atoms with van der Waals surface area (Å²) in [5.74, 6) is -0.568. The first-order valence-corrected chi connectivity index (χ1v) is 9.21. The second kappa shape index (κ2) is 9.80. The van der Waals surface area contributed by atoms with Gasteiger partial charge in [0.05, 0.1) is 5.69 Å². The SMILES string of the molecule is CCN(CC)Cc1ccc(C(=O)Nc2cc(Cl)ccc2OCC(F)(F)F)cc1. The molecule has 8 heteroatoms. The van der Waals surface area contributed by atoms with Crippen molar-refractivity contribution in [2.45, 2.75) is 26.6 Å². The zero-order valence-corrected chi connectivity index (χ0v) is 16.4. The molecule has 1 amide bonds. The lowest BCUT2D eigenvalue weighted by molar-refractivity contribution is -0.153. The molecule has 0 bridgehead atoms. The minimum absolute atomic E-state index is 0.0777. The lowest BCUT2D eigenvalue weighted by Crippen LogP contribution is -2.22. The van der Waals surface area contributed by atoms with Crippen molar-refractivity contribution >= 4 is 23.2 Å². The molecule has 0 atom stereocenters. The number of rotatable bonds is 8. The Balaban J connectivity index is 2.10. The molecular formula is C20H22ClF3N2O2. The molecule has 0 saturated carbocycles. The summed E-state index contributed by atoms with van der Waals surface area (Å²) in [6.45, 7) is 5.32. The van der Waals surface area contributed by atoms with Gasteiger partial charge in [-0.3, -0.25) is 9.69 Å². The highest BCUT2D eigenvalue weighted by molar-refractivity contribution is 6.31. The van der Waals surface area contributed by atoms with Gasteiger partial charge in [-0.25, -0.2) is 0 Å². The van der Waals surface area contributed by atoms with E-state index in [2.05, 4.69) is 24.1 Å². The van der Waals surface area contributed by atoms with Crippen LogP contribution in [0.25, 0.3) is 0 Å². The van der Waals surface area contributed by atoms with E-state index in [9.17, 15) is 18.0 Å². The van der Waals surface area contributed by atoms with Gasteiger partial charge in [0.2, 0.25) is 0 Å². The number of nitrogens with one attached hydrogen (secondary N) is 1. The highest BCUT2D eigenvalue weighted by Gasteiger charge is 2.29. The van der Waals surface area contributed by atoms with Crippen LogP contribution < -0.4 is 10.1 Å². The zero-order valence-electron chi connectivity index (χ0n) is 15.6. The van der Waals surface area contributed by atoms with Crippen LogP contribution in [-0.4, -0.2) is 36.7 Å². The summed E-state index contributed by atoms with van der Waals surface area (Å²) in [5.41, 5.74) is 1.52. The molecule has 2 rings (SSSR count). The predicted octanol–water partition coefficient (Wildman–Crippen LogP) is 5.38. The van der Waals surface area contributed by atoms with Gasteiger partial charge >= 0.3 is 6.18 Å². The smallest absolute Gasteiger partial charge is 0.422 e. The number of amides is 1. The first-order valence-electron chi connectivity index (χ1n) is 8.83. The van der Waals surface area contributed by atoms with Crippen LogP contribution in [-0.2, 0) is 6.54 Å². The van der Waals surface area contributed by atoms with Gasteiger partial charge in [0.25, 0.3) is 5.91 Å². The minimum atomic E-state index is -4.48. The third kappa shape index (κ3) is 6.73. The highest BCUT2D eigenvalue weighted by atomic mass is 35.5. The number of alkyl halides is 3. The van der Waals surface area contributed by atoms with Crippen LogP contribution >= 0.6 is 11.6 Å². The van der Waals surface area contributed by atoms with E-state index in [1.54, 1.807) is 12.1 Å². The van der Waals surface area contributed by atoms with E-state index >= 15 is 0 Å². The summed E-state index contributed by atoms with van der Waals surface area (Å²) in [6, 6.07) is 11.1. The molecule has 152 valence electrons. The maximum absolute atomic E-state index is 12.5. The quantitative estimate of drug-likeness (QED) is 0.631. The molecule has 0 spiro atoms. The summed E-state index contributed by atoms with van der Waals surface area (Å²) in [7, 11) is 0. The van der Waals surface area contributed by atoms with Crippen molar-refractivity contribution in [3.05, 3.63) is 58.6 Å². The van der Waals surface area contributed by atoms with E-state index in [-0.39, 0.29) is 16.5 Å². The first kappa shape index (κ1) is 22.0. The molecule has 2 aromatic rings. The van der Waals surface area contributed by atoms with E-state index in [1.165, 1.54) is 18.2 Å². The molecule has 0 radical (unpaired) electrons. The molecule has 0 aliphatic rings. The number of carbonyl (C=O) groups is 1. The van der Waals surface area contributed by atoms with Gasteiger partial charge in [0, 0.05) is 17.1 Å². The molecule has 0 fully saturated rings. The molecule has 0 heterocycles. The number of halogens is 4. The van der Waals surface area contributed by atoms with E-state index < -0.39 is 18.7 Å². The van der Waals surface area contributed by atoms with Crippen molar-refractivity contribution < 1.29 is 22.7 Å². The summed E-state index contributed by atoms with van der Waals surface area (Å²) in [5, 5.41) is 2.83. The Morgan fingerprint density at radius 2 is 1.75 bits per heavy atom. The van der Waals surface area contributed by atoms with Crippen molar-refractivity contribution in [1.29, 1.82) is 0 Å². The standard InChI is InChI=1S/C20H22ClF3N2O2/c1-3-26(4-2)12-14-5-7-15(8-6-14)19(27)25-17-11-16(21)9-10-18(17)28-13-20(22,23)24/h5-11H,3-4,12-13H2,1-2H3,(H,25,27). The fraction of sp³-hybridized carbons (Fsp3) is 0.350. The Morgan fingerprint density at radius 3 is 2.32 bits per heavy atom. The van der Waals surface area contributed by atoms with E-state index in [4.69, 9.17) is 16.3 Å². The monoisotopic (exact) mass is 414 g/mol. The fourth-order valence-electron chi connectivity index (χ4n) is 2.55. The first-order chi connectivity index (χ1) is 13.2. The molecular weight excluding hydrogens is 393 g/mol. The second-order valence-corrected chi connectivity index (χ2v) is 6.59. The van der Waals surface area contributed by atoms with Gasteiger partial charge in [-0.2, -0.15) is 13.2 Å². The molecule has 0 aliphatic heterocycles. The number of ether oxygens (including phenoxy) is 1.